The first-order valence-electron chi connectivity index (χ1n) is 6.94. The Labute approximate surface area is 125 Å². The summed E-state index contributed by atoms with van der Waals surface area (Å²) in [4.78, 5) is 11.8. The molecule has 2 nitrogen and oxygen atoms in total. The fourth-order valence-electron chi connectivity index (χ4n) is 2.80. The molecule has 0 bridgehead atoms. The SMILES string of the molecule is O=c1cc(-c2ccc(F)cc2)c2c(ccc3ccccc32)o1. The first kappa shape index (κ1) is 12.8. The van der Waals surface area contributed by atoms with Gasteiger partial charge in [0, 0.05) is 17.0 Å². The van der Waals surface area contributed by atoms with Crippen molar-refractivity contribution in [1.29, 1.82) is 0 Å². The second-order valence-corrected chi connectivity index (χ2v) is 5.15. The van der Waals surface area contributed by atoms with Crippen LogP contribution in [0.15, 0.2) is 75.9 Å². The molecular weight excluding hydrogens is 279 g/mol. The Hall–Kier alpha value is -2.94. The fraction of sp³-hybridized carbons (Fsp3) is 0. The maximum atomic E-state index is 13.2. The molecule has 0 fully saturated rings. The van der Waals surface area contributed by atoms with Crippen LogP contribution >= 0.6 is 0 Å². The molecule has 106 valence electrons. The lowest BCUT2D eigenvalue weighted by atomic mass is 9.97. The molecule has 0 saturated carbocycles. The highest BCUT2D eigenvalue weighted by atomic mass is 19.1. The summed E-state index contributed by atoms with van der Waals surface area (Å²) in [5, 5.41) is 2.93. The van der Waals surface area contributed by atoms with Gasteiger partial charge in [0.05, 0.1) is 0 Å². The van der Waals surface area contributed by atoms with Crippen molar-refractivity contribution in [3.63, 3.8) is 0 Å². The van der Waals surface area contributed by atoms with Crippen LogP contribution in [0.25, 0.3) is 32.9 Å². The molecule has 3 heteroatoms. The lowest BCUT2D eigenvalue weighted by molar-refractivity contribution is 0.562. The highest BCUT2D eigenvalue weighted by molar-refractivity contribution is 6.12. The smallest absolute Gasteiger partial charge is 0.336 e. The predicted molar refractivity (Wildman–Crippen MR) is 85.4 cm³/mol. The zero-order chi connectivity index (χ0) is 15.1. The van der Waals surface area contributed by atoms with Crippen LogP contribution < -0.4 is 5.63 Å². The Kier molecular flexibility index (Phi) is 2.79. The summed E-state index contributed by atoms with van der Waals surface area (Å²) in [5.74, 6) is -0.305. The molecular formula is C19H11FO2. The van der Waals surface area contributed by atoms with Crippen LogP contribution in [-0.2, 0) is 0 Å². The monoisotopic (exact) mass is 290 g/mol. The molecule has 0 unspecified atom stereocenters. The number of hydrogen-bond acceptors (Lipinski definition) is 2. The largest absolute Gasteiger partial charge is 0.423 e. The minimum Gasteiger partial charge on any atom is -0.423 e. The third-order valence-electron chi connectivity index (χ3n) is 3.79. The van der Waals surface area contributed by atoms with Gasteiger partial charge >= 0.3 is 5.63 Å². The molecule has 0 atom stereocenters. The van der Waals surface area contributed by atoms with Crippen LogP contribution in [0.3, 0.4) is 0 Å². The van der Waals surface area contributed by atoms with Crippen molar-refractivity contribution in [2.75, 3.05) is 0 Å². The van der Waals surface area contributed by atoms with E-state index < -0.39 is 5.63 Å². The van der Waals surface area contributed by atoms with Gasteiger partial charge in [0.15, 0.2) is 0 Å². The highest BCUT2D eigenvalue weighted by Crippen LogP contribution is 2.33. The van der Waals surface area contributed by atoms with E-state index in [2.05, 4.69) is 0 Å². The molecule has 0 amide bonds. The van der Waals surface area contributed by atoms with E-state index >= 15 is 0 Å². The molecule has 22 heavy (non-hydrogen) atoms. The van der Waals surface area contributed by atoms with Crippen molar-refractivity contribution in [2.45, 2.75) is 0 Å². The van der Waals surface area contributed by atoms with E-state index in [1.54, 1.807) is 18.2 Å². The van der Waals surface area contributed by atoms with Gasteiger partial charge in [0.1, 0.15) is 11.4 Å². The lowest BCUT2D eigenvalue weighted by Gasteiger charge is -2.09. The minimum atomic E-state index is -0.415. The standard InChI is InChI=1S/C19H11FO2/c20-14-8-5-13(6-9-14)16-11-18(21)22-17-10-7-12-3-1-2-4-15(12)19(16)17/h1-11H. The molecule has 0 aliphatic heterocycles. The first-order chi connectivity index (χ1) is 10.7. The van der Waals surface area contributed by atoms with Crippen LogP contribution in [0, 0.1) is 5.82 Å². The number of rotatable bonds is 1. The summed E-state index contributed by atoms with van der Waals surface area (Å²) < 4.78 is 18.5. The number of halogens is 1. The molecule has 4 aromatic rings. The molecule has 0 aliphatic rings. The molecule has 3 aromatic carbocycles. The zero-order valence-corrected chi connectivity index (χ0v) is 11.5. The average Bonchev–Trinajstić information content (AvgIpc) is 2.54. The Balaban J connectivity index is 2.18. The summed E-state index contributed by atoms with van der Waals surface area (Å²) in [7, 11) is 0. The first-order valence-corrected chi connectivity index (χ1v) is 6.94. The Morgan fingerprint density at radius 1 is 0.864 bits per heavy atom. The normalized spacial score (nSPS) is 11.1. The van der Waals surface area contributed by atoms with Gasteiger partial charge in [-0.05, 0) is 34.5 Å². The maximum Gasteiger partial charge on any atom is 0.336 e. The van der Waals surface area contributed by atoms with E-state index in [9.17, 15) is 9.18 Å². The van der Waals surface area contributed by atoms with Gasteiger partial charge in [0.25, 0.3) is 0 Å². The van der Waals surface area contributed by atoms with Gasteiger partial charge in [0.2, 0.25) is 0 Å². The van der Waals surface area contributed by atoms with Crippen molar-refractivity contribution < 1.29 is 8.81 Å². The number of hydrogen-bond donors (Lipinski definition) is 0. The molecule has 0 N–H and O–H groups in total. The van der Waals surface area contributed by atoms with E-state index in [1.165, 1.54) is 18.2 Å². The summed E-state index contributed by atoms with van der Waals surface area (Å²) in [6, 6.07) is 19.2. The molecule has 4 rings (SSSR count). The lowest BCUT2D eigenvalue weighted by Crippen LogP contribution is -1.98. The Morgan fingerprint density at radius 3 is 2.45 bits per heavy atom. The van der Waals surface area contributed by atoms with Crippen molar-refractivity contribution in [2.24, 2.45) is 0 Å². The molecule has 0 aliphatic carbocycles. The van der Waals surface area contributed by atoms with Gasteiger partial charge < -0.3 is 4.42 Å². The summed E-state index contributed by atoms with van der Waals surface area (Å²) in [5.41, 5.74) is 1.66. The van der Waals surface area contributed by atoms with Gasteiger partial charge in [-0.25, -0.2) is 9.18 Å². The third-order valence-corrected chi connectivity index (χ3v) is 3.79. The summed E-state index contributed by atoms with van der Waals surface area (Å²) in [6.45, 7) is 0. The zero-order valence-electron chi connectivity index (χ0n) is 11.5. The van der Waals surface area contributed by atoms with E-state index in [0.29, 0.717) is 5.58 Å². The number of benzene rings is 3. The summed E-state index contributed by atoms with van der Waals surface area (Å²) in [6.07, 6.45) is 0. The van der Waals surface area contributed by atoms with Gasteiger partial charge in [-0.1, -0.05) is 42.5 Å². The van der Waals surface area contributed by atoms with Gasteiger partial charge in [-0.3, -0.25) is 0 Å². The molecule has 0 spiro atoms. The van der Waals surface area contributed by atoms with Crippen molar-refractivity contribution in [3.05, 3.63) is 83.0 Å². The van der Waals surface area contributed by atoms with Crippen molar-refractivity contribution in [3.8, 4) is 11.1 Å². The van der Waals surface area contributed by atoms with Gasteiger partial charge in [-0.2, -0.15) is 0 Å². The number of fused-ring (bicyclic) bond motifs is 3. The van der Waals surface area contributed by atoms with Crippen molar-refractivity contribution in [1.82, 2.24) is 0 Å². The Morgan fingerprint density at radius 2 is 1.64 bits per heavy atom. The summed E-state index contributed by atoms with van der Waals surface area (Å²) >= 11 is 0. The maximum absolute atomic E-state index is 13.2. The quantitative estimate of drug-likeness (QED) is 0.374. The third kappa shape index (κ3) is 1.99. The topological polar surface area (TPSA) is 30.2 Å². The van der Waals surface area contributed by atoms with E-state index in [4.69, 9.17) is 4.42 Å². The van der Waals surface area contributed by atoms with Gasteiger partial charge in [-0.15, -0.1) is 0 Å². The molecule has 0 saturated heterocycles. The van der Waals surface area contributed by atoms with E-state index in [-0.39, 0.29) is 5.82 Å². The second kappa shape index (κ2) is 4.81. The van der Waals surface area contributed by atoms with E-state index in [0.717, 1.165) is 27.3 Å². The predicted octanol–water partition coefficient (Wildman–Crippen LogP) is 4.75. The van der Waals surface area contributed by atoms with Crippen LogP contribution in [0.5, 0.6) is 0 Å². The van der Waals surface area contributed by atoms with Crippen molar-refractivity contribution >= 4 is 21.7 Å². The minimum absolute atomic E-state index is 0.305. The van der Waals surface area contributed by atoms with E-state index in [1.807, 2.05) is 30.3 Å². The van der Waals surface area contributed by atoms with Crippen LogP contribution in [0.4, 0.5) is 4.39 Å². The van der Waals surface area contributed by atoms with Crippen LogP contribution in [0.1, 0.15) is 0 Å². The molecule has 0 radical (unpaired) electrons. The van der Waals surface area contributed by atoms with Crippen LogP contribution in [0.2, 0.25) is 0 Å². The van der Waals surface area contributed by atoms with Crippen LogP contribution in [-0.4, -0.2) is 0 Å². The molecule has 1 heterocycles. The second-order valence-electron chi connectivity index (χ2n) is 5.15. The fourth-order valence-corrected chi connectivity index (χ4v) is 2.80. The average molecular weight is 290 g/mol. The highest BCUT2D eigenvalue weighted by Gasteiger charge is 2.11. The molecule has 1 aromatic heterocycles. The Bertz CT molecular complexity index is 1050.